The highest BCUT2D eigenvalue weighted by atomic mass is 35.5. The zero-order valence-electron chi connectivity index (χ0n) is 13.0. The fourth-order valence-corrected chi connectivity index (χ4v) is 2.15. The Labute approximate surface area is 133 Å². The number of aliphatic hydroxyl groups excluding tert-OH is 1. The van der Waals surface area contributed by atoms with Gasteiger partial charge in [-0.3, -0.25) is 10.1 Å². The Morgan fingerprint density at radius 1 is 1.33 bits per heavy atom. The first kappa shape index (κ1) is 19.6. The van der Waals surface area contributed by atoms with Gasteiger partial charge in [-0.2, -0.15) is 0 Å². The maximum atomic E-state index is 12.0. The van der Waals surface area contributed by atoms with E-state index < -0.39 is 0 Å². The first-order chi connectivity index (χ1) is 9.38. The van der Waals surface area contributed by atoms with Gasteiger partial charge in [-0.1, -0.05) is 36.9 Å². The van der Waals surface area contributed by atoms with Crippen LogP contribution in [0.4, 0.5) is 0 Å². The Morgan fingerprint density at radius 2 is 1.90 bits per heavy atom. The predicted molar refractivity (Wildman–Crippen MR) is 80.8 cm³/mol. The summed E-state index contributed by atoms with van der Waals surface area (Å²) in [5.41, 5.74) is 1.54. The summed E-state index contributed by atoms with van der Waals surface area (Å²) in [7, 11) is 4.10. The Bertz CT molecular complexity index is 461. The quantitative estimate of drug-likeness (QED) is 0.379. The summed E-state index contributed by atoms with van der Waals surface area (Å²) in [4.78, 5) is 12.0. The normalized spacial score (nSPS) is 12.2. The molecule has 0 bridgehead atoms. The highest BCUT2D eigenvalue weighted by Gasteiger charge is 2.30. The van der Waals surface area contributed by atoms with Gasteiger partial charge < -0.3 is 22.0 Å². The lowest BCUT2D eigenvalue weighted by Crippen LogP contribution is -3.00. The zero-order chi connectivity index (χ0) is 15.2. The highest BCUT2D eigenvalue weighted by Crippen LogP contribution is 2.23. The number of quaternary nitrogens is 1. The summed E-state index contributed by atoms with van der Waals surface area (Å²) in [6.07, 6.45) is 0.533. The van der Waals surface area contributed by atoms with Gasteiger partial charge in [0.25, 0.3) is 5.91 Å². The van der Waals surface area contributed by atoms with Gasteiger partial charge in [0.1, 0.15) is 0 Å². The number of aliphatic hydroxyl groups is 1. The average molecular weight is 313 g/mol. The van der Waals surface area contributed by atoms with Crippen molar-refractivity contribution < 1.29 is 26.8 Å². The molecule has 0 aromatic heterocycles. The van der Waals surface area contributed by atoms with Crippen molar-refractivity contribution in [3.63, 3.8) is 0 Å². The Kier molecular flexibility index (Phi) is 8.25. The summed E-state index contributed by atoms with van der Waals surface area (Å²) in [5.74, 6) is -0.144. The number of rotatable bonds is 7. The molecule has 0 fully saturated rings. The SMILES string of the molecule is C=C(C)C(=O)NC(c1ccccc1)[N+](C)(C)CCCO.[Cl-]. The molecule has 1 amide bonds. The van der Waals surface area contributed by atoms with E-state index in [1.54, 1.807) is 6.92 Å². The van der Waals surface area contributed by atoms with E-state index in [0.29, 0.717) is 16.5 Å². The number of hydrogen-bond donors (Lipinski definition) is 2. The predicted octanol–water partition coefficient (Wildman–Crippen LogP) is -1.16. The minimum Gasteiger partial charge on any atom is -1.00 e. The maximum Gasteiger partial charge on any atom is 0.251 e. The number of nitrogens with zero attached hydrogens (tertiary/aromatic N) is 1. The molecule has 1 atom stereocenters. The molecule has 21 heavy (non-hydrogen) atoms. The first-order valence-corrected chi connectivity index (χ1v) is 6.83. The fraction of sp³-hybridized carbons (Fsp3) is 0.438. The molecule has 1 unspecified atom stereocenters. The summed E-state index contributed by atoms with van der Waals surface area (Å²) in [5, 5.41) is 12.1. The third-order valence-electron chi connectivity index (χ3n) is 3.36. The van der Waals surface area contributed by atoms with E-state index in [1.165, 1.54) is 0 Å². The molecule has 118 valence electrons. The number of amides is 1. The second-order valence-electron chi connectivity index (χ2n) is 5.65. The minimum atomic E-state index is -0.160. The molecule has 0 spiro atoms. The molecule has 0 aliphatic carbocycles. The van der Waals surface area contributed by atoms with Crippen molar-refractivity contribution in [1.29, 1.82) is 0 Å². The molecule has 0 heterocycles. The molecular formula is C16H25ClN2O2. The molecule has 0 saturated carbocycles. The molecule has 0 radical (unpaired) electrons. The molecule has 1 aromatic rings. The second-order valence-corrected chi connectivity index (χ2v) is 5.65. The van der Waals surface area contributed by atoms with Crippen molar-refractivity contribution in [2.24, 2.45) is 0 Å². The van der Waals surface area contributed by atoms with Crippen molar-refractivity contribution in [1.82, 2.24) is 5.32 Å². The van der Waals surface area contributed by atoms with E-state index in [4.69, 9.17) is 5.11 Å². The number of benzene rings is 1. The van der Waals surface area contributed by atoms with Gasteiger partial charge in [-0.05, 0) is 6.92 Å². The molecular weight excluding hydrogens is 288 g/mol. The van der Waals surface area contributed by atoms with Crippen LogP contribution in [0, 0.1) is 0 Å². The second kappa shape index (κ2) is 8.82. The number of carbonyl (C=O) groups excluding carboxylic acids is 1. The van der Waals surface area contributed by atoms with Crippen LogP contribution in [0.15, 0.2) is 42.5 Å². The van der Waals surface area contributed by atoms with E-state index in [2.05, 4.69) is 11.9 Å². The van der Waals surface area contributed by atoms with Crippen molar-refractivity contribution in [2.75, 3.05) is 27.2 Å². The molecule has 1 rings (SSSR count). The maximum absolute atomic E-state index is 12.0. The van der Waals surface area contributed by atoms with Gasteiger partial charge in [-0.25, -0.2) is 0 Å². The van der Waals surface area contributed by atoms with E-state index in [-0.39, 0.29) is 31.1 Å². The van der Waals surface area contributed by atoms with Crippen LogP contribution in [-0.4, -0.2) is 42.7 Å². The van der Waals surface area contributed by atoms with Gasteiger partial charge in [0.05, 0.1) is 20.6 Å². The Morgan fingerprint density at radius 3 is 2.38 bits per heavy atom. The number of halogens is 1. The molecule has 0 aliphatic heterocycles. The monoisotopic (exact) mass is 312 g/mol. The summed E-state index contributed by atoms with van der Waals surface area (Å²) < 4.78 is 0.573. The molecule has 5 heteroatoms. The number of nitrogens with one attached hydrogen (secondary N) is 1. The topological polar surface area (TPSA) is 49.3 Å². The Hall–Kier alpha value is -1.36. The number of hydrogen-bond acceptors (Lipinski definition) is 2. The lowest BCUT2D eigenvalue weighted by Gasteiger charge is -2.38. The highest BCUT2D eigenvalue weighted by molar-refractivity contribution is 5.92. The van der Waals surface area contributed by atoms with Crippen LogP contribution >= 0.6 is 0 Å². The lowest BCUT2D eigenvalue weighted by atomic mass is 10.1. The van der Waals surface area contributed by atoms with Gasteiger partial charge in [0.15, 0.2) is 6.17 Å². The van der Waals surface area contributed by atoms with Crippen molar-refractivity contribution >= 4 is 5.91 Å². The van der Waals surface area contributed by atoms with Gasteiger partial charge >= 0.3 is 0 Å². The van der Waals surface area contributed by atoms with Crippen LogP contribution in [-0.2, 0) is 4.79 Å². The fourth-order valence-electron chi connectivity index (χ4n) is 2.15. The summed E-state index contributed by atoms with van der Waals surface area (Å²) in [6, 6.07) is 9.88. The lowest BCUT2D eigenvalue weighted by molar-refractivity contribution is -0.923. The minimum absolute atomic E-state index is 0. The standard InChI is InChI=1S/C16H24N2O2.ClH/c1-13(2)16(20)17-15(14-9-6-5-7-10-14)18(3,4)11-8-12-19;/h5-7,9-10,15,19H,1,8,11-12H2,2-4H3;1H. The summed E-state index contributed by atoms with van der Waals surface area (Å²) in [6.45, 7) is 6.31. The molecule has 1 aromatic carbocycles. The van der Waals surface area contributed by atoms with Crippen LogP contribution in [0.3, 0.4) is 0 Å². The van der Waals surface area contributed by atoms with Crippen molar-refractivity contribution in [2.45, 2.75) is 19.5 Å². The first-order valence-electron chi connectivity index (χ1n) is 6.83. The van der Waals surface area contributed by atoms with E-state index in [0.717, 1.165) is 12.1 Å². The van der Waals surface area contributed by atoms with Crippen LogP contribution in [0.1, 0.15) is 25.1 Å². The molecule has 0 saturated heterocycles. The van der Waals surface area contributed by atoms with Gasteiger partial charge in [-0.15, -0.1) is 0 Å². The van der Waals surface area contributed by atoms with Crippen LogP contribution < -0.4 is 17.7 Å². The third-order valence-corrected chi connectivity index (χ3v) is 3.36. The number of carbonyl (C=O) groups is 1. The smallest absolute Gasteiger partial charge is 0.251 e. The Balaban J connectivity index is 0.00000400. The zero-order valence-corrected chi connectivity index (χ0v) is 13.7. The van der Waals surface area contributed by atoms with E-state index >= 15 is 0 Å². The molecule has 2 N–H and O–H groups in total. The molecule has 0 aliphatic rings. The van der Waals surface area contributed by atoms with Crippen molar-refractivity contribution in [3.8, 4) is 0 Å². The van der Waals surface area contributed by atoms with Crippen LogP contribution in [0.2, 0.25) is 0 Å². The average Bonchev–Trinajstić information content (AvgIpc) is 2.43. The van der Waals surface area contributed by atoms with Crippen molar-refractivity contribution in [3.05, 3.63) is 48.0 Å². The van der Waals surface area contributed by atoms with E-state index in [9.17, 15) is 4.79 Å². The van der Waals surface area contributed by atoms with E-state index in [1.807, 2.05) is 44.4 Å². The third kappa shape index (κ3) is 5.87. The van der Waals surface area contributed by atoms with Gasteiger partial charge in [0.2, 0.25) is 0 Å². The largest absolute Gasteiger partial charge is 1.00 e. The van der Waals surface area contributed by atoms with Crippen LogP contribution in [0.5, 0.6) is 0 Å². The summed E-state index contributed by atoms with van der Waals surface area (Å²) >= 11 is 0. The van der Waals surface area contributed by atoms with Gasteiger partial charge in [0, 0.05) is 24.2 Å². The van der Waals surface area contributed by atoms with Crippen LogP contribution in [0.25, 0.3) is 0 Å². The molecule has 4 nitrogen and oxygen atoms in total.